The van der Waals surface area contributed by atoms with Gasteiger partial charge in [0.2, 0.25) is 0 Å². The number of pyridine rings is 1. The molecule has 0 spiro atoms. The summed E-state index contributed by atoms with van der Waals surface area (Å²) in [6, 6.07) is 3.97. The molecule has 0 saturated carbocycles. The fourth-order valence-electron chi connectivity index (χ4n) is 1.78. The molecular formula is C13H16ClN3. The second kappa shape index (κ2) is 4.49. The van der Waals surface area contributed by atoms with Crippen molar-refractivity contribution in [2.24, 2.45) is 0 Å². The monoisotopic (exact) mass is 249 g/mol. The van der Waals surface area contributed by atoms with E-state index in [1.165, 1.54) is 5.56 Å². The highest BCUT2D eigenvalue weighted by Gasteiger charge is 2.10. The third-order valence-corrected chi connectivity index (χ3v) is 3.48. The molecular weight excluding hydrogens is 234 g/mol. The van der Waals surface area contributed by atoms with Crippen LogP contribution in [0.15, 0.2) is 12.1 Å². The molecule has 0 aliphatic rings. The first-order chi connectivity index (χ1) is 8.04. The Morgan fingerprint density at radius 2 is 1.82 bits per heavy atom. The van der Waals surface area contributed by atoms with E-state index < -0.39 is 0 Å². The summed E-state index contributed by atoms with van der Waals surface area (Å²) in [6.07, 6.45) is 0. The fraction of sp³-hybridized carbons (Fsp3) is 0.385. The zero-order valence-electron chi connectivity index (χ0n) is 10.6. The Kier molecular flexibility index (Phi) is 3.20. The lowest BCUT2D eigenvalue weighted by Gasteiger charge is -2.07. The van der Waals surface area contributed by atoms with Gasteiger partial charge in [-0.25, -0.2) is 9.67 Å². The van der Waals surface area contributed by atoms with E-state index in [1.54, 1.807) is 0 Å². The number of rotatable bonds is 2. The van der Waals surface area contributed by atoms with E-state index in [0.717, 1.165) is 28.5 Å². The Morgan fingerprint density at radius 3 is 2.29 bits per heavy atom. The largest absolute Gasteiger partial charge is 0.234 e. The van der Waals surface area contributed by atoms with Crippen LogP contribution in [0.4, 0.5) is 0 Å². The van der Waals surface area contributed by atoms with E-state index in [9.17, 15) is 0 Å². The molecule has 2 rings (SSSR count). The van der Waals surface area contributed by atoms with Crippen LogP contribution in [-0.2, 0) is 5.88 Å². The number of hydrogen-bond donors (Lipinski definition) is 0. The van der Waals surface area contributed by atoms with Gasteiger partial charge in [-0.3, -0.25) is 0 Å². The zero-order valence-corrected chi connectivity index (χ0v) is 11.3. The first-order valence-corrected chi connectivity index (χ1v) is 6.13. The highest BCUT2D eigenvalue weighted by Crippen LogP contribution is 2.17. The maximum absolute atomic E-state index is 5.83. The van der Waals surface area contributed by atoms with Crippen LogP contribution in [0.3, 0.4) is 0 Å². The van der Waals surface area contributed by atoms with Gasteiger partial charge in [0, 0.05) is 17.3 Å². The predicted molar refractivity (Wildman–Crippen MR) is 69.9 cm³/mol. The molecule has 0 amide bonds. The molecule has 0 aliphatic carbocycles. The Bertz CT molecular complexity index is 558. The van der Waals surface area contributed by atoms with Gasteiger partial charge in [0.05, 0.1) is 5.69 Å². The molecule has 17 heavy (non-hydrogen) atoms. The summed E-state index contributed by atoms with van der Waals surface area (Å²) in [5.41, 5.74) is 5.42. The minimum absolute atomic E-state index is 0.495. The molecule has 2 aromatic rings. The molecule has 2 aromatic heterocycles. The van der Waals surface area contributed by atoms with E-state index in [2.05, 4.69) is 23.9 Å². The second-order valence-electron chi connectivity index (χ2n) is 4.26. The smallest absolute Gasteiger partial charge is 0.153 e. The minimum atomic E-state index is 0.495. The molecule has 90 valence electrons. The quantitative estimate of drug-likeness (QED) is 0.765. The highest BCUT2D eigenvalue weighted by molar-refractivity contribution is 6.17. The summed E-state index contributed by atoms with van der Waals surface area (Å²) < 4.78 is 1.88. The number of alkyl halides is 1. The SMILES string of the molecule is Cc1nc(-n2nc(C)c(C)c2C)ccc1CCl. The molecule has 0 fully saturated rings. The van der Waals surface area contributed by atoms with Crippen molar-refractivity contribution in [3.63, 3.8) is 0 Å². The highest BCUT2D eigenvalue weighted by atomic mass is 35.5. The van der Waals surface area contributed by atoms with Gasteiger partial charge >= 0.3 is 0 Å². The molecule has 0 radical (unpaired) electrons. The summed E-state index contributed by atoms with van der Waals surface area (Å²) in [5.74, 6) is 1.35. The Balaban J connectivity index is 2.53. The van der Waals surface area contributed by atoms with Crippen molar-refractivity contribution in [3.05, 3.63) is 40.3 Å². The average Bonchev–Trinajstić information content (AvgIpc) is 2.57. The summed E-state index contributed by atoms with van der Waals surface area (Å²) >= 11 is 5.83. The fourth-order valence-corrected chi connectivity index (χ4v) is 2.06. The summed E-state index contributed by atoms with van der Waals surface area (Å²) in [5, 5.41) is 4.50. The van der Waals surface area contributed by atoms with Gasteiger partial charge in [0.25, 0.3) is 0 Å². The van der Waals surface area contributed by atoms with Crippen LogP contribution in [-0.4, -0.2) is 14.8 Å². The molecule has 2 heterocycles. The van der Waals surface area contributed by atoms with Gasteiger partial charge in [-0.05, 0) is 44.9 Å². The van der Waals surface area contributed by atoms with Crippen molar-refractivity contribution >= 4 is 11.6 Å². The number of halogens is 1. The van der Waals surface area contributed by atoms with Gasteiger partial charge in [-0.1, -0.05) is 6.07 Å². The minimum Gasteiger partial charge on any atom is -0.234 e. The van der Waals surface area contributed by atoms with Crippen LogP contribution in [0.2, 0.25) is 0 Å². The van der Waals surface area contributed by atoms with Crippen molar-refractivity contribution in [2.45, 2.75) is 33.6 Å². The van der Waals surface area contributed by atoms with Gasteiger partial charge in [0.1, 0.15) is 0 Å². The van der Waals surface area contributed by atoms with E-state index in [0.29, 0.717) is 5.88 Å². The summed E-state index contributed by atoms with van der Waals surface area (Å²) in [4.78, 5) is 4.55. The zero-order chi connectivity index (χ0) is 12.6. The lowest BCUT2D eigenvalue weighted by Crippen LogP contribution is -2.04. The third kappa shape index (κ3) is 2.07. The second-order valence-corrected chi connectivity index (χ2v) is 4.52. The Morgan fingerprint density at radius 1 is 1.12 bits per heavy atom. The third-order valence-electron chi connectivity index (χ3n) is 3.19. The van der Waals surface area contributed by atoms with E-state index >= 15 is 0 Å². The normalized spacial score (nSPS) is 10.9. The van der Waals surface area contributed by atoms with E-state index in [4.69, 9.17) is 11.6 Å². The molecule has 0 bridgehead atoms. The van der Waals surface area contributed by atoms with Crippen LogP contribution in [0.1, 0.15) is 28.2 Å². The maximum Gasteiger partial charge on any atom is 0.153 e. The van der Waals surface area contributed by atoms with E-state index in [-0.39, 0.29) is 0 Å². The van der Waals surface area contributed by atoms with Crippen molar-refractivity contribution in [3.8, 4) is 5.82 Å². The molecule has 0 N–H and O–H groups in total. The van der Waals surface area contributed by atoms with Crippen LogP contribution < -0.4 is 0 Å². The van der Waals surface area contributed by atoms with Crippen molar-refractivity contribution in [2.75, 3.05) is 0 Å². The van der Waals surface area contributed by atoms with Crippen molar-refractivity contribution in [1.29, 1.82) is 0 Å². The topological polar surface area (TPSA) is 30.7 Å². The predicted octanol–water partition coefficient (Wildman–Crippen LogP) is 3.24. The standard InChI is InChI=1S/C13H16ClN3/c1-8-9(2)16-17(11(8)4)13-6-5-12(7-14)10(3)15-13/h5-6H,7H2,1-4H3. The van der Waals surface area contributed by atoms with Gasteiger partial charge in [-0.15, -0.1) is 11.6 Å². The molecule has 0 saturated heterocycles. The van der Waals surface area contributed by atoms with Crippen LogP contribution in [0.25, 0.3) is 5.82 Å². The number of aryl methyl sites for hydroxylation is 2. The van der Waals surface area contributed by atoms with Crippen molar-refractivity contribution < 1.29 is 0 Å². The molecule has 0 atom stereocenters. The lowest BCUT2D eigenvalue weighted by atomic mass is 10.2. The Hall–Kier alpha value is -1.35. The van der Waals surface area contributed by atoms with Crippen LogP contribution in [0.5, 0.6) is 0 Å². The number of nitrogens with zero attached hydrogens (tertiary/aromatic N) is 3. The lowest BCUT2D eigenvalue weighted by molar-refractivity contribution is 0.799. The first kappa shape index (κ1) is 12.1. The molecule has 0 aromatic carbocycles. The van der Waals surface area contributed by atoms with Crippen molar-refractivity contribution in [1.82, 2.24) is 14.8 Å². The molecule has 4 heteroatoms. The van der Waals surface area contributed by atoms with Gasteiger partial charge in [0.15, 0.2) is 5.82 Å². The first-order valence-electron chi connectivity index (χ1n) is 5.60. The van der Waals surface area contributed by atoms with Gasteiger partial charge < -0.3 is 0 Å². The van der Waals surface area contributed by atoms with Crippen LogP contribution in [0, 0.1) is 27.7 Å². The van der Waals surface area contributed by atoms with E-state index in [1.807, 2.05) is 30.7 Å². The molecule has 0 aliphatic heterocycles. The summed E-state index contributed by atoms with van der Waals surface area (Å²) in [6.45, 7) is 8.12. The Labute approximate surface area is 106 Å². The maximum atomic E-state index is 5.83. The molecule has 3 nitrogen and oxygen atoms in total. The van der Waals surface area contributed by atoms with Crippen LogP contribution >= 0.6 is 11.6 Å². The number of hydrogen-bond acceptors (Lipinski definition) is 2. The molecule has 0 unspecified atom stereocenters. The number of aromatic nitrogens is 3. The average molecular weight is 250 g/mol. The summed E-state index contributed by atoms with van der Waals surface area (Å²) in [7, 11) is 0. The van der Waals surface area contributed by atoms with Gasteiger partial charge in [-0.2, -0.15) is 5.10 Å².